The van der Waals surface area contributed by atoms with Crippen LogP contribution in [0.5, 0.6) is 0 Å². The zero-order valence-corrected chi connectivity index (χ0v) is 12.4. The summed E-state index contributed by atoms with van der Waals surface area (Å²) in [6.07, 6.45) is 1.04. The van der Waals surface area contributed by atoms with Gasteiger partial charge < -0.3 is 5.32 Å². The van der Waals surface area contributed by atoms with Gasteiger partial charge in [0, 0.05) is 12.1 Å². The summed E-state index contributed by atoms with van der Waals surface area (Å²) in [6, 6.07) is 8.45. The molecule has 3 rings (SSSR count). The van der Waals surface area contributed by atoms with E-state index in [-0.39, 0.29) is 0 Å². The minimum Gasteiger partial charge on any atom is -0.311 e. The molecule has 0 spiro atoms. The smallest absolute Gasteiger partial charge is 0.159 e. The van der Waals surface area contributed by atoms with Gasteiger partial charge in [0.25, 0.3) is 0 Å². The number of fused-ring (bicyclic) bond motifs is 1. The molecule has 0 amide bonds. The van der Waals surface area contributed by atoms with Crippen LogP contribution in [-0.4, -0.2) is 16.5 Å². The average Bonchev–Trinajstić information content (AvgIpc) is 2.46. The second kappa shape index (κ2) is 5.33. The summed E-state index contributed by atoms with van der Waals surface area (Å²) in [6.45, 7) is 8.41. The summed E-state index contributed by atoms with van der Waals surface area (Å²) in [7, 11) is 0. The maximum absolute atomic E-state index is 4.85. The standard InChI is InChI=1S/C17H21N3/c1-11(2)16-14-8-9-18-10-15(14)19-17(20-16)13-6-4-12(3)5-7-13/h4-7,11,18H,8-10H2,1-3H3. The quantitative estimate of drug-likeness (QED) is 0.908. The summed E-state index contributed by atoms with van der Waals surface area (Å²) in [5, 5.41) is 3.40. The molecule has 104 valence electrons. The van der Waals surface area contributed by atoms with Crippen LogP contribution in [0.25, 0.3) is 11.4 Å². The van der Waals surface area contributed by atoms with Crippen molar-refractivity contribution in [3.63, 3.8) is 0 Å². The van der Waals surface area contributed by atoms with E-state index in [2.05, 4.69) is 50.4 Å². The van der Waals surface area contributed by atoms with Crippen LogP contribution in [0.3, 0.4) is 0 Å². The van der Waals surface area contributed by atoms with Crippen LogP contribution < -0.4 is 5.32 Å². The van der Waals surface area contributed by atoms with Crippen molar-refractivity contribution in [2.75, 3.05) is 6.54 Å². The third-order valence-electron chi connectivity index (χ3n) is 3.83. The molecule has 2 heterocycles. The largest absolute Gasteiger partial charge is 0.311 e. The Hall–Kier alpha value is -1.74. The normalized spacial score (nSPS) is 14.4. The fourth-order valence-electron chi connectivity index (χ4n) is 2.70. The first-order valence-electron chi connectivity index (χ1n) is 7.32. The van der Waals surface area contributed by atoms with Gasteiger partial charge in [0.2, 0.25) is 0 Å². The van der Waals surface area contributed by atoms with E-state index in [4.69, 9.17) is 9.97 Å². The number of hydrogen-bond acceptors (Lipinski definition) is 3. The molecule has 1 aliphatic heterocycles. The molecule has 0 aliphatic carbocycles. The van der Waals surface area contributed by atoms with Crippen LogP contribution in [0, 0.1) is 6.92 Å². The van der Waals surface area contributed by atoms with Crippen molar-refractivity contribution in [3.05, 3.63) is 46.8 Å². The van der Waals surface area contributed by atoms with E-state index in [0.717, 1.165) is 30.9 Å². The van der Waals surface area contributed by atoms with Crippen molar-refractivity contribution in [1.29, 1.82) is 0 Å². The fourth-order valence-corrected chi connectivity index (χ4v) is 2.70. The molecule has 0 radical (unpaired) electrons. The zero-order valence-electron chi connectivity index (χ0n) is 12.4. The SMILES string of the molecule is Cc1ccc(-c2nc3c(c(C(C)C)n2)CCNC3)cc1. The van der Waals surface area contributed by atoms with E-state index in [9.17, 15) is 0 Å². The molecule has 3 nitrogen and oxygen atoms in total. The molecule has 1 N–H and O–H groups in total. The summed E-state index contributed by atoms with van der Waals surface area (Å²) >= 11 is 0. The highest BCUT2D eigenvalue weighted by Crippen LogP contribution is 2.26. The van der Waals surface area contributed by atoms with Gasteiger partial charge in [-0.05, 0) is 31.4 Å². The molecule has 0 saturated carbocycles. The van der Waals surface area contributed by atoms with Gasteiger partial charge in [-0.2, -0.15) is 0 Å². The third-order valence-corrected chi connectivity index (χ3v) is 3.83. The molecule has 1 aromatic heterocycles. The summed E-state index contributed by atoms with van der Waals surface area (Å²) in [5.74, 6) is 1.30. The van der Waals surface area contributed by atoms with Gasteiger partial charge in [0.05, 0.1) is 11.4 Å². The highest BCUT2D eigenvalue weighted by atomic mass is 15.0. The molecular weight excluding hydrogens is 246 g/mol. The topological polar surface area (TPSA) is 37.8 Å². The fraction of sp³-hybridized carbons (Fsp3) is 0.412. The van der Waals surface area contributed by atoms with Crippen LogP contribution in [0.1, 0.15) is 42.3 Å². The maximum atomic E-state index is 4.85. The highest BCUT2D eigenvalue weighted by Gasteiger charge is 2.19. The van der Waals surface area contributed by atoms with Crippen molar-refractivity contribution < 1.29 is 0 Å². The van der Waals surface area contributed by atoms with Gasteiger partial charge in [-0.15, -0.1) is 0 Å². The Balaban J connectivity index is 2.12. The number of nitrogens with one attached hydrogen (secondary N) is 1. The first-order chi connectivity index (χ1) is 9.65. The second-order valence-electron chi connectivity index (χ2n) is 5.81. The van der Waals surface area contributed by atoms with Gasteiger partial charge in [0.15, 0.2) is 5.82 Å². The first kappa shape index (κ1) is 13.3. The van der Waals surface area contributed by atoms with Gasteiger partial charge in [0.1, 0.15) is 0 Å². The molecule has 0 bridgehead atoms. The Morgan fingerprint density at radius 3 is 2.55 bits per heavy atom. The van der Waals surface area contributed by atoms with Crippen LogP contribution in [0.2, 0.25) is 0 Å². The van der Waals surface area contributed by atoms with Crippen molar-refractivity contribution in [2.45, 2.75) is 39.7 Å². The van der Waals surface area contributed by atoms with Crippen LogP contribution in [0.15, 0.2) is 24.3 Å². The molecule has 1 aromatic carbocycles. The third kappa shape index (κ3) is 2.46. The lowest BCUT2D eigenvalue weighted by Crippen LogP contribution is -2.27. The zero-order chi connectivity index (χ0) is 14.1. The minimum absolute atomic E-state index is 0.439. The summed E-state index contributed by atoms with van der Waals surface area (Å²) in [4.78, 5) is 9.63. The summed E-state index contributed by atoms with van der Waals surface area (Å²) in [5.41, 5.74) is 6.11. The molecule has 3 heteroatoms. The van der Waals surface area contributed by atoms with Crippen molar-refractivity contribution >= 4 is 0 Å². The molecule has 0 unspecified atom stereocenters. The molecule has 0 fully saturated rings. The van der Waals surface area contributed by atoms with Gasteiger partial charge in [-0.25, -0.2) is 9.97 Å². The van der Waals surface area contributed by atoms with E-state index >= 15 is 0 Å². The number of rotatable bonds is 2. The first-order valence-corrected chi connectivity index (χ1v) is 7.32. The number of benzene rings is 1. The molecule has 2 aromatic rings. The minimum atomic E-state index is 0.439. The van der Waals surface area contributed by atoms with E-state index in [1.54, 1.807) is 0 Å². The lowest BCUT2D eigenvalue weighted by atomic mass is 9.97. The van der Waals surface area contributed by atoms with E-state index in [1.165, 1.54) is 22.5 Å². The van der Waals surface area contributed by atoms with Crippen LogP contribution >= 0.6 is 0 Å². The van der Waals surface area contributed by atoms with Crippen LogP contribution in [0.4, 0.5) is 0 Å². The lowest BCUT2D eigenvalue weighted by molar-refractivity contribution is 0.609. The van der Waals surface area contributed by atoms with Gasteiger partial charge >= 0.3 is 0 Å². The Kier molecular flexibility index (Phi) is 3.53. The molecule has 20 heavy (non-hydrogen) atoms. The van der Waals surface area contributed by atoms with Gasteiger partial charge in [-0.3, -0.25) is 0 Å². The average molecular weight is 267 g/mol. The summed E-state index contributed by atoms with van der Waals surface area (Å²) < 4.78 is 0. The lowest BCUT2D eigenvalue weighted by Gasteiger charge is -2.21. The Morgan fingerprint density at radius 2 is 1.85 bits per heavy atom. The molecular formula is C17H21N3. The number of aryl methyl sites for hydroxylation is 1. The predicted molar refractivity (Wildman–Crippen MR) is 81.7 cm³/mol. The molecule has 0 atom stereocenters. The maximum Gasteiger partial charge on any atom is 0.159 e. The number of nitrogens with zero attached hydrogens (tertiary/aromatic N) is 2. The number of aromatic nitrogens is 2. The molecule has 0 saturated heterocycles. The van der Waals surface area contributed by atoms with E-state index < -0.39 is 0 Å². The Morgan fingerprint density at radius 1 is 1.10 bits per heavy atom. The van der Waals surface area contributed by atoms with Gasteiger partial charge in [-0.1, -0.05) is 43.7 Å². The second-order valence-corrected chi connectivity index (χ2v) is 5.81. The Bertz CT molecular complexity index is 615. The number of hydrogen-bond donors (Lipinski definition) is 1. The monoisotopic (exact) mass is 267 g/mol. The molecule has 1 aliphatic rings. The Labute approximate surface area is 120 Å². The van der Waals surface area contributed by atoms with Crippen molar-refractivity contribution in [1.82, 2.24) is 15.3 Å². The van der Waals surface area contributed by atoms with Crippen LogP contribution in [-0.2, 0) is 13.0 Å². The highest BCUT2D eigenvalue weighted by molar-refractivity contribution is 5.56. The predicted octanol–water partition coefficient (Wildman–Crippen LogP) is 3.22. The van der Waals surface area contributed by atoms with E-state index in [0.29, 0.717) is 5.92 Å². The van der Waals surface area contributed by atoms with Crippen molar-refractivity contribution in [2.24, 2.45) is 0 Å². The van der Waals surface area contributed by atoms with E-state index in [1.807, 2.05) is 0 Å². The van der Waals surface area contributed by atoms with Crippen molar-refractivity contribution in [3.8, 4) is 11.4 Å².